The van der Waals surface area contributed by atoms with Gasteiger partial charge in [-0.2, -0.15) is 0 Å². The molecule has 1 N–H and O–H groups in total. The molecule has 1 aliphatic heterocycles. The maximum atomic E-state index is 11.3. The Morgan fingerprint density at radius 1 is 1.39 bits per heavy atom. The van der Waals surface area contributed by atoms with Crippen molar-refractivity contribution in [1.29, 1.82) is 0 Å². The molecule has 2 rings (SSSR count). The van der Waals surface area contributed by atoms with E-state index in [1.165, 1.54) is 19.4 Å². The molecular formula is C14H23N3O. The second-order valence-corrected chi connectivity index (χ2v) is 5.46. The molecule has 0 bridgehead atoms. The van der Waals surface area contributed by atoms with Crippen LogP contribution in [0.2, 0.25) is 0 Å². The predicted molar refractivity (Wildman–Crippen MR) is 75.0 cm³/mol. The minimum atomic E-state index is 0.0330. The number of nitrogens with one attached hydrogen (secondary N) is 1. The molecule has 0 radical (unpaired) electrons. The van der Waals surface area contributed by atoms with E-state index < -0.39 is 0 Å². The smallest absolute Gasteiger partial charge is 0.250 e. The lowest BCUT2D eigenvalue weighted by Gasteiger charge is -2.34. The van der Waals surface area contributed by atoms with Gasteiger partial charge in [0, 0.05) is 31.9 Å². The SMILES string of the molecule is CC(Nc1ccc(=O)n(C)c1)C1CCCN(C)C1. The monoisotopic (exact) mass is 249 g/mol. The summed E-state index contributed by atoms with van der Waals surface area (Å²) in [5.41, 5.74) is 1.06. The minimum Gasteiger partial charge on any atom is -0.381 e. The average Bonchev–Trinajstić information content (AvgIpc) is 2.34. The van der Waals surface area contributed by atoms with Gasteiger partial charge in [0.1, 0.15) is 0 Å². The van der Waals surface area contributed by atoms with Gasteiger partial charge in [0.25, 0.3) is 0 Å². The van der Waals surface area contributed by atoms with Gasteiger partial charge in [0.2, 0.25) is 5.56 Å². The molecule has 100 valence electrons. The topological polar surface area (TPSA) is 37.3 Å². The second kappa shape index (κ2) is 5.57. The third-order valence-corrected chi connectivity index (χ3v) is 3.85. The van der Waals surface area contributed by atoms with Gasteiger partial charge in [0.15, 0.2) is 0 Å². The first kappa shape index (κ1) is 13.1. The number of aromatic nitrogens is 1. The number of likely N-dealkylation sites (tertiary alicyclic amines) is 1. The van der Waals surface area contributed by atoms with Crippen LogP contribution >= 0.6 is 0 Å². The molecule has 0 aliphatic carbocycles. The zero-order valence-electron chi connectivity index (χ0n) is 11.5. The molecular weight excluding hydrogens is 226 g/mol. The number of hydrogen-bond acceptors (Lipinski definition) is 3. The van der Waals surface area contributed by atoms with Gasteiger partial charge < -0.3 is 14.8 Å². The van der Waals surface area contributed by atoms with E-state index >= 15 is 0 Å². The zero-order valence-corrected chi connectivity index (χ0v) is 11.5. The summed E-state index contributed by atoms with van der Waals surface area (Å²) in [6.45, 7) is 4.60. The zero-order chi connectivity index (χ0) is 13.1. The van der Waals surface area contributed by atoms with E-state index in [-0.39, 0.29) is 5.56 Å². The van der Waals surface area contributed by atoms with Crippen molar-refractivity contribution in [3.05, 3.63) is 28.7 Å². The van der Waals surface area contributed by atoms with Gasteiger partial charge in [-0.15, -0.1) is 0 Å². The first-order valence-corrected chi connectivity index (χ1v) is 6.68. The van der Waals surface area contributed by atoms with Crippen LogP contribution < -0.4 is 10.9 Å². The maximum Gasteiger partial charge on any atom is 0.250 e. The van der Waals surface area contributed by atoms with E-state index in [1.807, 2.05) is 12.3 Å². The van der Waals surface area contributed by atoms with Crippen molar-refractivity contribution >= 4 is 5.69 Å². The van der Waals surface area contributed by atoms with Crippen LogP contribution in [0.3, 0.4) is 0 Å². The van der Waals surface area contributed by atoms with Crippen molar-refractivity contribution in [2.75, 3.05) is 25.5 Å². The number of aryl methyl sites for hydroxylation is 1. The van der Waals surface area contributed by atoms with Crippen molar-refractivity contribution in [1.82, 2.24) is 9.47 Å². The third kappa shape index (κ3) is 3.13. The fraction of sp³-hybridized carbons (Fsp3) is 0.643. The van der Waals surface area contributed by atoms with Crippen LogP contribution in [-0.4, -0.2) is 35.6 Å². The van der Waals surface area contributed by atoms with E-state index in [2.05, 4.69) is 24.2 Å². The number of rotatable bonds is 3. The Morgan fingerprint density at radius 3 is 2.83 bits per heavy atom. The molecule has 1 aromatic rings. The quantitative estimate of drug-likeness (QED) is 0.882. The molecule has 0 amide bonds. The molecule has 1 aliphatic rings. The molecule has 1 saturated heterocycles. The first-order chi connectivity index (χ1) is 8.56. The highest BCUT2D eigenvalue weighted by Gasteiger charge is 2.22. The molecule has 1 aromatic heterocycles. The lowest BCUT2D eigenvalue weighted by molar-refractivity contribution is 0.197. The van der Waals surface area contributed by atoms with E-state index in [9.17, 15) is 4.79 Å². The van der Waals surface area contributed by atoms with Crippen LogP contribution in [0, 0.1) is 5.92 Å². The highest BCUT2D eigenvalue weighted by atomic mass is 16.1. The van der Waals surface area contributed by atoms with Crippen molar-refractivity contribution < 1.29 is 0 Å². The largest absolute Gasteiger partial charge is 0.381 e. The van der Waals surface area contributed by atoms with Gasteiger partial charge in [-0.05, 0) is 45.3 Å². The first-order valence-electron chi connectivity index (χ1n) is 6.68. The molecule has 1 fully saturated rings. The minimum absolute atomic E-state index is 0.0330. The van der Waals surface area contributed by atoms with Crippen molar-refractivity contribution in [3.63, 3.8) is 0 Å². The standard InChI is InChI=1S/C14H23N3O/c1-11(12-5-4-8-16(2)9-12)15-13-6-7-14(18)17(3)10-13/h6-7,10-12,15H,4-5,8-9H2,1-3H3. The van der Waals surface area contributed by atoms with Gasteiger partial charge in [-0.3, -0.25) is 4.79 Å². The Morgan fingerprint density at radius 2 is 2.17 bits per heavy atom. The number of hydrogen-bond donors (Lipinski definition) is 1. The maximum absolute atomic E-state index is 11.3. The summed E-state index contributed by atoms with van der Waals surface area (Å²) in [5.74, 6) is 0.681. The molecule has 4 nitrogen and oxygen atoms in total. The van der Waals surface area contributed by atoms with Gasteiger partial charge in [-0.25, -0.2) is 0 Å². The lowest BCUT2D eigenvalue weighted by Crippen LogP contribution is -2.40. The Bertz CT molecular complexity index is 455. The van der Waals surface area contributed by atoms with Crippen molar-refractivity contribution in [3.8, 4) is 0 Å². The molecule has 2 atom stereocenters. The molecule has 0 aromatic carbocycles. The summed E-state index contributed by atoms with van der Waals surface area (Å²) >= 11 is 0. The lowest BCUT2D eigenvalue weighted by atomic mass is 9.92. The van der Waals surface area contributed by atoms with Crippen LogP contribution in [0.25, 0.3) is 0 Å². The summed E-state index contributed by atoms with van der Waals surface area (Å²) in [5, 5.41) is 3.51. The summed E-state index contributed by atoms with van der Waals surface area (Å²) in [7, 11) is 3.97. The van der Waals surface area contributed by atoms with Gasteiger partial charge in [-0.1, -0.05) is 0 Å². The Kier molecular flexibility index (Phi) is 4.07. The summed E-state index contributed by atoms with van der Waals surface area (Å²) in [6, 6.07) is 3.92. The average molecular weight is 249 g/mol. The van der Waals surface area contributed by atoms with Gasteiger partial charge >= 0.3 is 0 Å². The van der Waals surface area contributed by atoms with Crippen molar-refractivity contribution in [2.24, 2.45) is 13.0 Å². The highest BCUT2D eigenvalue weighted by Crippen LogP contribution is 2.21. The number of anilines is 1. The molecule has 18 heavy (non-hydrogen) atoms. The summed E-state index contributed by atoms with van der Waals surface area (Å²) < 4.78 is 1.61. The van der Waals surface area contributed by atoms with E-state index in [0.717, 1.165) is 12.2 Å². The third-order valence-electron chi connectivity index (χ3n) is 3.85. The Labute approximate surface area is 109 Å². The predicted octanol–water partition coefficient (Wildman–Crippen LogP) is 1.53. The normalized spacial score (nSPS) is 22.7. The van der Waals surface area contributed by atoms with Crippen LogP contribution in [0.4, 0.5) is 5.69 Å². The molecule has 2 heterocycles. The van der Waals surface area contributed by atoms with E-state index in [4.69, 9.17) is 0 Å². The molecule has 4 heteroatoms. The van der Waals surface area contributed by atoms with Gasteiger partial charge in [0.05, 0.1) is 5.69 Å². The fourth-order valence-electron chi connectivity index (χ4n) is 2.67. The van der Waals surface area contributed by atoms with E-state index in [0.29, 0.717) is 12.0 Å². The highest BCUT2D eigenvalue weighted by molar-refractivity contribution is 5.41. The van der Waals surface area contributed by atoms with Crippen molar-refractivity contribution in [2.45, 2.75) is 25.8 Å². The number of nitrogens with zero attached hydrogens (tertiary/aromatic N) is 2. The Hall–Kier alpha value is -1.29. The van der Waals surface area contributed by atoms with Crippen LogP contribution in [0.15, 0.2) is 23.1 Å². The number of pyridine rings is 1. The molecule has 0 saturated carbocycles. The summed E-state index contributed by atoms with van der Waals surface area (Å²) in [6.07, 6.45) is 4.43. The molecule has 0 spiro atoms. The summed E-state index contributed by atoms with van der Waals surface area (Å²) in [4.78, 5) is 13.7. The molecule has 2 unspecified atom stereocenters. The van der Waals surface area contributed by atoms with Crippen LogP contribution in [0.5, 0.6) is 0 Å². The van der Waals surface area contributed by atoms with Crippen LogP contribution in [0.1, 0.15) is 19.8 Å². The number of piperidine rings is 1. The second-order valence-electron chi connectivity index (χ2n) is 5.46. The van der Waals surface area contributed by atoms with E-state index in [1.54, 1.807) is 17.7 Å². The fourth-order valence-corrected chi connectivity index (χ4v) is 2.67. The Balaban J connectivity index is 1.99. The van der Waals surface area contributed by atoms with Crippen LogP contribution in [-0.2, 0) is 7.05 Å².